The van der Waals surface area contributed by atoms with Crippen LogP contribution in [0.2, 0.25) is 10.0 Å². The fourth-order valence-electron chi connectivity index (χ4n) is 1.27. The Bertz CT molecular complexity index is 400. The van der Waals surface area contributed by atoms with Crippen LogP contribution >= 0.6 is 23.2 Å². The zero-order valence-electron chi connectivity index (χ0n) is 9.51. The normalized spacial score (nSPS) is 11.6. The largest absolute Gasteiger partial charge is 0.378 e. The van der Waals surface area contributed by atoms with Crippen molar-refractivity contribution in [2.45, 2.75) is 25.9 Å². The fraction of sp³-hybridized carbons (Fsp3) is 0.417. The Balaban J connectivity index is 2.93. The first-order valence-electron chi connectivity index (χ1n) is 4.89. The first-order valence-corrected chi connectivity index (χ1v) is 5.65. The van der Waals surface area contributed by atoms with Crippen LogP contribution in [-0.4, -0.2) is 18.5 Å². The van der Waals surface area contributed by atoms with Crippen molar-refractivity contribution in [3.05, 3.63) is 33.8 Å². The summed E-state index contributed by atoms with van der Waals surface area (Å²) in [6.07, 6.45) is 0.267. The van der Waals surface area contributed by atoms with Gasteiger partial charge in [0.1, 0.15) is 0 Å². The van der Waals surface area contributed by atoms with Crippen molar-refractivity contribution in [3.8, 4) is 0 Å². The second kappa shape index (κ2) is 5.17. The van der Waals surface area contributed by atoms with Crippen molar-refractivity contribution in [3.63, 3.8) is 0 Å². The number of Topliss-reactive ketones (excluding diaryl/α,β-unsaturated/α-hetero) is 1. The van der Waals surface area contributed by atoms with Crippen molar-refractivity contribution in [1.82, 2.24) is 0 Å². The molecule has 0 N–H and O–H groups in total. The summed E-state index contributed by atoms with van der Waals surface area (Å²) in [6, 6.07) is 4.86. The number of ketones is 1. The molecule has 0 atom stereocenters. The van der Waals surface area contributed by atoms with E-state index in [0.29, 0.717) is 15.6 Å². The van der Waals surface area contributed by atoms with Crippen LogP contribution in [0.4, 0.5) is 0 Å². The molecule has 4 heteroatoms. The molecule has 0 aliphatic carbocycles. The van der Waals surface area contributed by atoms with Crippen LogP contribution in [-0.2, 0) is 4.74 Å². The first-order chi connectivity index (χ1) is 7.35. The summed E-state index contributed by atoms with van der Waals surface area (Å²) >= 11 is 11.8. The average molecular weight is 261 g/mol. The van der Waals surface area contributed by atoms with Gasteiger partial charge in [-0.25, -0.2) is 0 Å². The highest BCUT2D eigenvalue weighted by Gasteiger charge is 2.23. The number of ether oxygens (including phenoxy) is 1. The van der Waals surface area contributed by atoms with E-state index in [9.17, 15) is 4.79 Å². The lowest BCUT2D eigenvalue weighted by Crippen LogP contribution is -2.26. The molecule has 88 valence electrons. The molecular formula is C12H14Cl2O2. The van der Waals surface area contributed by atoms with Gasteiger partial charge in [0, 0.05) is 24.1 Å². The zero-order valence-corrected chi connectivity index (χ0v) is 11.0. The molecule has 0 amide bonds. The molecule has 0 radical (unpaired) electrons. The molecule has 0 aliphatic heterocycles. The minimum Gasteiger partial charge on any atom is -0.378 e. The van der Waals surface area contributed by atoms with Gasteiger partial charge in [-0.05, 0) is 32.0 Å². The summed E-state index contributed by atoms with van der Waals surface area (Å²) < 4.78 is 5.20. The van der Waals surface area contributed by atoms with E-state index in [1.165, 1.54) is 0 Å². The van der Waals surface area contributed by atoms with Crippen LogP contribution in [0.1, 0.15) is 30.6 Å². The van der Waals surface area contributed by atoms with Crippen molar-refractivity contribution in [1.29, 1.82) is 0 Å². The molecule has 0 aromatic heterocycles. The smallest absolute Gasteiger partial charge is 0.167 e. The highest BCUT2D eigenvalue weighted by atomic mass is 35.5. The minimum atomic E-state index is -0.497. The Morgan fingerprint density at radius 2 is 2.00 bits per heavy atom. The summed E-state index contributed by atoms with van der Waals surface area (Å²) in [6.45, 7) is 3.70. The summed E-state index contributed by atoms with van der Waals surface area (Å²) in [5.41, 5.74) is -0.0535. The van der Waals surface area contributed by atoms with Gasteiger partial charge in [0.2, 0.25) is 0 Å². The lowest BCUT2D eigenvalue weighted by atomic mass is 9.97. The number of carbonyl (C=O) groups is 1. The van der Waals surface area contributed by atoms with E-state index in [1.807, 2.05) is 13.8 Å². The summed E-state index contributed by atoms with van der Waals surface area (Å²) in [7, 11) is 1.58. The molecule has 0 saturated heterocycles. The summed E-state index contributed by atoms with van der Waals surface area (Å²) in [5.74, 6) is -0.0700. The fourth-order valence-corrected chi connectivity index (χ4v) is 1.66. The lowest BCUT2D eigenvalue weighted by Gasteiger charge is -2.22. The molecule has 2 nitrogen and oxygen atoms in total. The monoisotopic (exact) mass is 260 g/mol. The third kappa shape index (κ3) is 3.48. The van der Waals surface area contributed by atoms with E-state index in [2.05, 4.69) is 0 Å². The Kier molecular flexibility index (Phi) is 4.36. The predicted molar refractivity (Wildman–Crippen MR) is 66.5 cm³/mol. The van der Waals surface area contributed by atoms with Crippen LogP contribution in [0.15, 0.2) is 18.2 Å². The number of hydrogen-bond acceptors (Lipinski definition) is 2. The van der Waals surface area contributed by atoms with Crippen LogP contribution in [0.25, 0.3) is 0 Å². The Labute approximate surface area is 106 Å². The molecule has 0 saturated carbocycles. The maximum atomic E-state index is 12.0. The first kappa shape index (κ1) is 13.5. The van der Waals surface area contributed by atoms with Crippen molar-refractivity contribution in [2.75, 3.05) is 7.11 Å². The van der Waals surface area contributed by atoms with E-state index in [1.54, 1.807) is 25.3 Å². The number of benzene rings is 1. The van der Waals surface area contributed by atoms with Crippen LogP contribution < -0.4 is 0 Å². The van der Waals surface area contributed by atoms with Crippen LogP contribution in [0.3, 0.4) is 0 Å². The van der Waals surface area contributed by atoms with E-state index >= 15 is 0 Å². The van der Waals surface area contributed by atoms with Gasteiger partial charge < -0.3 is 4.74 Å². The van der Waals surface area contributed by atoms with Gasteiger partial charge in [0.15, 0.2) is 5.78 Å². The number of methoxy groups -OCH3 is 1. The van der Waals surface area contributed by atoms with Gasteiger partial charge in [-0.2, -0.15) is 0 Å². The van der Waals surface area contributed by atoms with Gasteiger partial charge in [0.05, 0.1) is 10.6 Å². The van der Waals surface area contributed by atoms with Gasteiger partial charge in [-0.3, -0.25) is 4.79 Å². The highest BCUT2D eigenvalue weighted by molar-refractivity contribution is 6.35. The highest BCUT2D eigenvalue weighted by Crippen LogP contribution is 2.24. The maximum absolute atomic E-state index is 12.0. The molecule has 1 rings (SSSR count). The molecule has 0 spiro atoms. The molecule has 0 unspecified atom stereocenters. The second-order valence-corrected chi connectivity index (χ2v) is 5.03. The van der Waals surface area contributed by atoms with Gasteiger partial charge in [0.25, 0.3) is 0 Å². The van der Waals surface area contributed by atoms with Crippen molar-refractivity contribution < 1.29 is 9.53 Å². The Morgan fingerprint density at radius 3 is 2.56 bits per heavy atom. The van der Waals surface area contributed by atoms with E-state index in [4.69, 9.17) is 27.9 Å². The third-order valence-corrected chi connectivity index (χ3v) is 2.93. The van der Waals surface area contributed by atoms with Crippen molar-refractivity contribution >= 4 is 29.0 Å². The molecule has 0 aliphatic rings. The summed E-state index contributed by atoms with van der Waals surface area (Å²) in [4.78, 5) is 12.0. The molecule has 16 heavy (non-hydrogen) atoms. The lowest BCUT2D eigenvalue weighted by molar-refractivity contribution is 0.0172. The zero-order chi connectivity index (χ0) is 12.3. The number of rotatable bonds is 4. The van der Waals surface area contributed by atoms with Gasteiger partial charge in [-0.1, -0.05) is 23.2 Å². The SMILES string of the molecule is COC(C)(C)CC(=O)c1cc(Cl)ccc1Cl. The van der Waals surface area contributed by atoms with E-state index < -0.39 is 5.60 Å². The standard InChI is InChI=1S/C12H14Cl2O2/c1-12(2,16-3)7-11(15)9-6-8(13)4-5-10(9)14/h4-6H,7H2,1-3H3. The van der Waals surface area contributed by atoms with Gasteiger partial charge >= 0.3 is 0 Å². The topological polar surface area (TPSA) is 26.3 Å². The minimum absolute atomic E-state index is 0.0700. The molecule has 0 heterocycles. The molecule has 1 aromatic carbocycles. The predicted octanol–water partition coefficient (Wildman–Crippen LogP) is 3.99. The summed E-state index contributed by atoms with van der Waals surface area (Å²) in [5, 5.41) is 0.921. The number of hydrogen-bond donors (Lipinski definition) is 0. The Hall–Kier alpha value is -0.570. The van der Waals surface area contributed by atoms with Crippen LogP contribution in [0, 0.1) is 0 Å². The average Bonchev–Trinajstić information content (AvgIpc) is 2.21. The van der Waals surface area contributed by atoms with E-state index in [0.717, 1.165) is 0 Å². The second-order valence-electron chi connectivity index (χ2n) is 4.19. The molecule has 0 bridgehead atoms. The van der Waals surface area contributed by atoms with Crippen LogP contribution in [0.5, 0.6) is 0 Å². The Morgan fingerprint density at radius 1 is 1.38 bits per heavy atom. The molecular weight excluding hydrogens is 247 g/mol. The van der Waals surface area contributed by atoms with Gasteiger partial charge in [-0.15, -0.1) is 0 Å². The maximum Gasteiger partial charge on any atom is 0.167 e. The molecule has 0 fully saturated rings. The number of halogens is 2. The quantitative estimate of drug-likeness (QED) is 0.766. The number of carbonyl (C=O) groups excluding carboxylic acids is 1. The van der Waals surface area contributed by atoms with Crippen molar-refractivity contribution in [2.24, 2.45) is 0 Å². The molecule has 1 aromatic rings. The van der Waals surface area contributed by atoms with E-state index in [-0.39, 0.29) is 12.2 Å². The third-order valence-electron chi connectivity index (χ3n) is 2.37.